The van der Waals surface area contributed by atoms with Crippen molar-refractivity contribution in [2.45, 2.75) is 0 Å². The van der Waals surface area contributed by atoms with Gasteiger partial charge < -0.3 is 0 Å². The van der Waals surface area contributed by atoms with Gasteiger partial charge in [-0.3, -0.25) is 0 Å². The van der Waals surface area contributed by atoms with Gasteiger partial charge >= 0.3 is 0 Å². The SMILES string of the molecule is [Mo].[Pd].[Pt].[Rh]. The molecule has 0 N–H and O–H groups in total. The molecule has 0 amide bonds. The topological polar surface area (TPSA) is 0 Å². The van der Waals surface area contributed by atoms with E-state index >= 15 is 0 Å². The molecule has 0 aromatic carbocycles. The van der Waals surface area contributed by atoms with E-state index in [1.54, 1.807) is 0 Å². The van der Waals surface area contributed by atoms with E-state index in [-0.39, 0.29) is 82.0 Å². The van der Waals surface area contributed by atoms with Gasteiger partial charge in [0.15, 0.2) is 0 Å². The zero-order chi connectivity index (χ0) is 0. The first-order valence-corrected chi connectivity index (χ1v) is 0. The average Bonchev–Trinajstić information content (AvgIpc) is 0. The molecule has 0 aromatic rings. The molecule has 4 heteroatoms. The van der Waals surface area contributed by atoms with Crippen LogP contribution in [0.5, 0.6) is 0 Å². The summed E-state index contributed by atoms with van der Waals surface area (Å²) < 4.78 is 0. The molecule has 0 nitrogen and oxygen atoms in total. The minimum atomic E-state index is 0. The number of hydrogen-bond donors (Lipinski definition) is 0. The van der Waals surface area contributed by atoms with Crippen LogP contribution in [0.1, 0.15) is 0 Å². The molecule has 0 heterocycles. The van der Waals surface area contributed by atoms with Gasteiger partial charge in [-0.1, -0.05) is 0 Å². The van der Waals surface area contributed by atoms with Gasteiger partial charge in [-0.2, -0.15) is 0 Å². The van der Waals surface area contributed by atoms with Crippen molar-refractivity contribution in [2.75, 3.05) is 0 Å². The van der Waals surface area contributed by atoms with Crippen molar-refractivity contribution in [1.82, 2.24) is 0 Å². The standard InChI is InChI=1S/Mo.Pd.Pt.Rh. The monoisotopic (exact) mass is 502 g/mol. The van der Waals surface area contributed by atoms with Crippen LogP contribution in [0.15, 0.2) is 0 Å². The summed E-state index contributed by atoms with van der Waals surface area (Å²) in [7, 11) is 0. The normalized spacial score (nSPS) is 0. The van der Waals surface area contributed by atoms with Gasteiger partial charge in [0, 0.05) is 82.0 Å². The third-order valence-electron chi connectivity index (χ3n) is 0. The van der Waals surface area contributed by atoms with Gasteiger partial charge in [-0.05, 0) is 0 Å². The smallest absolute Gasteiger partial charge is 0 e. The summed E-state index contributed by atoms with van der Waals surface area (Å²) in [5, 5.41) is 0. The van der Waals surface area contributed by atoms with Crippen molar-refractivity contribution >= 4 is 0 Å². The Bertz CT molecular complexity index is 8.00. The fourth-order valence-corrected chi connectivity index (χ4v) is 0. The number of rotatable bonds is 0. The molecule has 0 aliphatic carbocycles. The Morgan fingerprint density at radius 3 is 1.00 bits per heavy atom. The fraction of sp³-hybridized carbons (Fsp3) is 0. The molecule has 0 unspecified atom stereocenters. The summed E-state index contributed by atoms with van der Waals surface area (Å²) in [5.74, 6) is 0. The molecular weight excluding hydrogens is 500 g/mol. The maximum absolute atomic E-state index is 0. The largest absolute Gasteiger partial charge is 0 e. The van der Waals surface area contributed by atoms with Crippen LogP contribution in [0.25, 0.3) is 0 Å². The van der Waals surface area contributed by atoms with Crippen molar-refractivity contribution < 1.29 is 82.0 Å². The average molecular weight is 500 g/mol. The fourth-order valence-electron chi connectivity index (χ4n) is 0. The summed E-state index contributed by atoms with van der Waals surface area (Å²) in [6.45, 7) is 0. The molecule has 1 radical (unpaired) electrons. The first-order valence-electron chi connectivity index (χ1n) is 0. The molecule has 0 fully saturated rings. The third-order valence-corrected chi connectivity index (χ3v) is 0. The maximum Gasteiger partial charge on any atom is 0 e. The molecule has 0 spiro atoms. The van der Waals surface area contributed by atoms with Gasteiger partial charge in [-0.15, -0.1) is 0 Å². The third kappa shape index (κ3) is 8.82. The van der Waals surface area contributed by atoms with Crippen molar-refractivity contribution in [1.29, 1.82) is 0 Å². The van der Waals surface area contributed by atoms with E-state index in [1.165, 1.54) is 0 Å². The van der Waals surface area contributed by atoms with Gasteiger partial charge in [0.25, 0.3) is 0 Å². The van der Waals surface area contributed by atoms with Crippen LogP contribution in [-0.4, -0.2) is 0 Å². The van der Waals surface area contributed by atoms with E-state index in [2.05, 4.69) is 0 Å². The molecule has 0 atom stereocenters. The Labute approximate surface area is 80.8 Å². The zero-order valence-corrected chi connectivity index (χ0v) is 8.85. The second kappa shape index (κ2) is 17.4. The zero-order valence-electron chi connectivity index (χ0n) is 1.37. The van der Waals surface area contributed by atoms with E-state index in [0.29, 0.717) is 0 Å². The van der Waals surface area contributed by atoms with Crippen LogP contribution in [0, 0.1) is 0 Å². The van der Waals surface area contributed by atoms with Crippen LogP contribution in [0.3, 0.4) is 0 Å². The Kier molecular flexibility index (Phi) is 131. The maximum atomic E-state index is 0. The van der Waals surface area contributed by atoms with Crippen molar-refractivity contribution in [2.24, 2.45) is 0 Å². The van der Waals surface area contributed by atoms with E-state index in [9.17, 15) is 0 Å². The Balaban J connectivity index is 0. The summed E-state index contributed by atoms with van der Waals surface area (Å²) in [5.41, 5.74) is 0. The molecule has 0 saturated carbocycles. The number of hydrogen-bond acceptors (Lipinski definition) is 0. The molecule has 0 rings (SSSR count). The summed E-state index contributed by atoms with van der Waals surface area (Å²) in [6, 6.07) is 0. The van der Waals surface area contributed by atoms with E-state index in [0.717, 1.165) is 0 Å². The minimum absolute atomic E-state index is 0. The molecule has 0 bridgehead atoms. The van der Waals surface area contributed by atoms with Crippen LogP contribution in [0.4, 0.5) is 0 Å². The van der Waals surface area contributed by atoms with Crippen molar-refractivity contribution in [3.8, 4) is 0 Å². The van der Waals surface area contributed by atoms with E-state index in [1.807, 2.05) is 0 Å². The van der Waals surface area contributed by atoms with Gasteiger partial charge in [0.1, 0.15) is 0 Å². The molecule has 0 aliphatic heterocycles. The van der Waals surface area contributed by atoms with Crippen LogP contribution in [-0.2, 0) is 82.0 Å². The summed E-state index contributed by atoms with van der Waals surface area (Å²) in [4.78, 5) is 0. The Morgan fingerprint density at radius 2 is 1.00 bits per heavy atom. The summed E-state index contributed by atoms with van der Waals surface area (Å²) in [6.07, 6.45) is 0. The molecule has 0 aliphatic rings. The Hall–Kier alpha value is 2.66. The van der Waals surface area contributed by atoms with Gasteiger partial charge in [0.05, 0.1) is 0 Å². The van der Waals surface area contributed by atoms with Crippen molar-refractivity contribution in [3.05, 3.63) is 0 Å². The van der Waals surface area contributed by atoms with Crippen LogP contribution in [0.2, 0.25) is 0 Å². The minimum Gasteiger partial charge on any atom is 0 e. The molecule has 35 valence electrons. The molecule has 0 aromatic heterocycles. The second-order valence-electron chi connectivity index (χ2n) is 0. The van der Waals surface area contributed by atoms with E-state index in [4.69, 9.17) is 0 Å². The molecular formula is MoPdPtRh. The van der Waals surface area contributed by atoms with Gasteiger partial charge in [-0.25, -0.2) is 0 Å². The van der Waals surface area contributed by atoms with Gasteiger partial charge in [0.2, 0.25) is 0 Å². The predicted octanol–water partition coefficient (Wildman–Crippen LogP) is -0.0100. The molecule has 0 saturated heterocycles. The first-order chi connectivity index (χ1) is 0. The van der Waals surface area contributed by atoms with Crippen LogP contribution < -0.4 is 0 Å². The van der Waals surface area contributed by atoms with E-state index < -0.39 is 0 Å². The molecule has 4 heavy (non-hydrogen) atoms. The first kappa shape index (κ1) is 30.1. The van der Waals surface area contributed by atoms with Crippen LogP contribution >= 0.6 is 0 Å². The quantitative estimate of drug-likeness (QED) is 0.411. The van der Waals surface area contributed by atoms with Crippen molar-refractivity contribution in [3.63, 3.8) is 0 Å². The second-order valence-corrected chi connectivity index (χ2v) is 0. The summed E-state index contributed by atoms with van der Waals surface area (Å²) >= 11 is 0. The Morgan fingerprint density at radius 1 is 1.00 bits per heavy atom. The predicted molar refractivity (Wildman–Crippen MR) is 0 cm³/mol.